The number of carbonyl (C=O) groups is 1. The number of rotatable bonds is 6. The monoisotopic (exact) mass is 273 g/mol. The maximum absolute atomic E-state index is 13.4. The molecule has 100 valence electrons. The Morgan fingerprint density at radius 1 is 1.56 bits per heavy atom. The van der Waals surface area contributed by atoms with Crippen LogP contribution in [0.5, 0.6) is 0 Å². The Morgan fingerprint density at radius 3 is 2.78 bits per heavy atom. The van der Waals surface area contributed by atoms with E-state index in [1.165, 1.54) is 12.1 Å². The van der Waals surface area contributed by atoms with Crippen LogP contribution in [0.3, 0.4) is 0 Å². The molecule has 1 aromatic rings. The zero-order chi connectivity index (χ0) is 13.7. The highest BCUT2D eigenvalue weighted by atomic mass is 32.2. The second kappa shape index (κ2) is 6.49. The van der Waals surface area contributed by atoms with Gasteiger partial charge in [0.05, 0.1) is 5.69 Å². The van der Waals surface area contributed by atoms with Crippen molar-refractivity contribution in [2.75, 3.05) is 17.3 Å². The van der Waals surface area contributed by atoms with Gasteiger partial charge in [-0.3, -0.25) is 4.21 Å². The fourth-order valence-corrected chi connectivity index (χ4v) is 2.23. The Bertz CT molecular complexity index is 465. The average molecular weight is 273 g/mol. The summed E-state index contributed by atoms with van der Waals surface area (Å²) < 4.78 is 24.4. The van der Waals surface area contributed by atoms with Crippen LogP contribution in [-0.2, 0) is 10.8 Å². The van der Waals surface area contributed by atoms with Crippen molar-refractivity contribution < 1.29 is 18.5 Å². The molecule has 4 nitrogen and oxygen atoms in total. The summed E-state index contributed by atoms with van der Waals surface area (Å²) in [6, 6.07) is 4.01. The molecule has 0 aliphatic rings. The fourth-order valence-electron chi connectivity index (χ4n) is 1.54. The zero-order valence-corrected chi connectivity index (χ0v) is 11.1. The summed E-state index contributed by atoms with van der Waals surface area (Å²) in [7, 11) is -0.893. The van der Waals surface area contributed by atoms with Gasteiger partial charge in [0, 0.05) is 28.9 Å². The first-order valence-corrected chi connectivity index (χ1v) is 7.23. The number of nitrogens with one attached hydrogen (secondary N) is 1. The summed E-state index contributed by atoms with van der Waals surface area (Å²) in [5.41, 5.74) is -0.112. The Balaban J connectivity index is 2.81. The quantitative estimate of drug-likeness (QED) is 0.833. The number of hydrogen-bond donors (Lipinski definition) is 2. The van der Waals surface area contributed by atoms with Crippen LogP contribution in [0.2, 0.25) is 0 Å². The average Bonchev–Trinajstić information content (AvgIpc) is 2.26. The van der Waals surface area contributed by atoms with Crippen LogP contribution in [-0.4, -0.2) is 33.3 Å². The normalized spacial score (nSPS) is 13.9. The third kappa shape index (κ3) is 4.10. The lowest BCUT2D eigenvalue weighted by Gasteiger charge is -2.16. The number of anilines is 1. The smallest absolute Gasteiger partial charge is 0.340 e. The molecule has 0 amide bonds. The minimum atomic E-state index is -1.30. The van der Waals surface area contributed by atoms with Crippen molar-refractivity contribution in [1.82, 2.24) is 0 Å². The third-order valence-electron chi connectivity index (χ3n) is 2.47. The van der Waals surface area contributed by atoms with Crippen molar-refractivity contribution >= 4 is 22.5 Å². The Morgan fingerprint density at radius 2 is 2.22 bits per heavy atom. The van der Waals surface area contributed by atoms with E-state index in [4.69, 9.17) is 5.11 Å². The molecule has 0 spiro atoms. The van der Waals surface area contributed by atoms with Gasteiger partial charge in [-0.2, -0.15) is 0 Å². The number of carboxylic acid groups (broad SMARTS) is 1. The molecule has 0 aliphatic carbocycles. The van der Waals surface area contributed by atoms with Crippen molar-refractivity contribution in [3.05, 3.63) is 29.6 Å². The van der Waals surface area contributed by atoms with E-state index >= 15 is 0 Å². The maximum Gasteiger partial charge on any atom is 0.340 e. The molecule has 0 saturated carbocycles. The highest BCUT2D eigenvalue weighted by Crippen LogP contribution is 2.20. The number of halogens is 1. The predicted molar refractivity (Wildman–Crippen MR) is 70.0 cm³/mol. The first kappa shape index (κ1) is 14.6. The standard InChI is InChI=1S/C12H16FNO3S/c1-8(6-7-18(2)17)14-10-5-3-4-9(13)11(10)12(15)16/h3-5,8,14H,6-7H2,1-2H3,(H,15,16). The van der Waals surface area contributed by atoms with E-state index in [0.29, 0.717) is 12.2 Å². The van der Waals surface area contributed by atoms with Crippen LogP contribution in [0.4, 0.5) is 10.1 Å². The van der Waals surface area contributed by atoms with Crippen molar-refractivity contribution in [2.24, 2.45) is 0 Å². The van der Waals surface area contributed by atoms with E-state index in [2.05, 4.69) is 5.32 Å². The molecule has 2 atom stereocenters. The van der Waals surface area contributed by atoms with Crippen LogP contribution in [0, 0.1) is 5.82 Å². The van der Waals surface area contributed by atoms with Gasteiger partial charge in [0.2, 0.25) is 0 Å². The van der Waals surface area contributed by atoms with Gasteiger partial charge in [0.1, 0.15) is 11.4 Å². The van der Waals surface area contributed by atoms with Crippen molar-refractivity contribution in [1.29, 1.82) is 0 Å². The lowest BCUT2D eigenvalue weighted by Crippen LogP contribution is -2.20. The minimum absolute atomic E-state index is 0.0752. The largest absolute Gasteiger partial charge is 0.478 e. The molecule has 6 heteroatoms. The first-order chi connectivity index (χ1) is 8.41. The highest BCUT2D eigenvalue weighted by Gasteiger charge is 2.16. The van der Waals surface area contributed by atoms with Crippen molar-refractivity contribution in [3.63, 3.8) is 0 Å². The second-order valence-electron chi connectivity index (χ2n) is 4.08. The molecule has 0 aromatic heterocycles. The summed E-state index contributed by atoms with van der Waals surface area (Å²) >= 11 is 0. The molecule has 0 fully saturated rings. The van der Waals surface area contributed by atoms with Gasteiger partial charge < -0.3 is 10.4 Å². The summed E-state index contributed by atoms with van der Waals surface area (Å²) in [5, 5.41) is 11.9. The Hall–Kier alpha value is -1.43. The van der Waals surface area contributed by atoms with Crippen LogP contribution in [0.15, 0.2) is 18.2 Å². The number of hydrogen-bond acceptors (Lipinski definition) is 3. The molecule has 2 unspecified atom stereocenters. The SMILES string of the molecule is CC(CCS(C)=O)Nc1cccc(F)c1C(=O)O. The molecule has 2 N–H and O–H groups in total. The highest BCUT2D eigenvalue weighted by molar-refractivity contribution is 7.84. The van der Waals surface area contributed by atoms with E-state index in [1.54, 1.807) is 6.26 Å². The van der Waals surface area contributed by atoms with Gasteiger partial charge in [-0.15, -0.1) is 0 Å². The van der Waals surface area contributed by atoms with Crippen LogP contribution >= 0.6 is 0 Å². The lowest BCUT2D eigenvalue weighted by molar-refractivity contribution is 0.0693. The third-order valence-corrected chi connectivity index (χ3v) is 3.28. The topological polar surface area (TPSA) is 66.4 Å². The van der Waals surface area contributed by atoms with Gasteiger partial charge in [-0.25, -0.2) is 9.18 Å². The van der Waals surface area contributed by atoms with Crippen LogP contribution in [0.1, 0.15) is 23.7 Å². The molecule has 0 saturated heterocycles. The molecule has 1 rings (SSSR count). The summed E-state index contributed by atoms with van der Waals surface area (Å²) in [5.74, 6) is -1.55. The van der Waals surface area contributed by atoms with Gasteiger partial charge >= 0.3 is 5.97 Å². The molecule has 1 aromatic carbocycles. The molecule has 0 radical (unpaired) electrons. The zero-order valence-electron chi connectivity index (χ0n) is 10.3. The van der Waals surface area contributed by atoms with Gasteiger partial charge in [-0.1, -0.05) is 6.07 Å². The van der Waals surface area contributed by atoms with E-state index in [1.807, 2.05) is 6.92 Å². The predicted octanol–water partition coefficient (Wildman–Crippen LogP) is 2.09. The van der Waals surface area contributed by atoms with E-state index in [9.17, 15) is 13.4 Å². The van der Waals surface area contributed by atoms with Gasteiger partial charge in [0.25, 0.3) is 0 Å². The second-order valence-corrected chi connectivity index (χ2v) is 5.63. The molecule has 0 aliphatic heterocycles. The minimum Gasteiger partial charge on any atom is -0.478 e. The molecular formula is C12H16FNO3S. The van der Waals surface area contributed by atoms with Crippen LogP contribution < -0.4 is 5.32 Å². The van der Waals surface area contributed by atoms with Crippen LogP contribution in [0.25, 0.3) is 0 Å². The summed E-state index contributed by atoms with van der Waals surface area (Å²) in [6.45, 7) is 1.84. The Kier molecular flexibility index (Phi) is 5.27. The van der Waals surface area contributed by atoms with E-state index in [0.717, 1.165) is 6.07 Å². The van der Waals surface area contributed by atoms with E-state index in [-0.39, 0.29) is 17.3 Å². The molecule has 18 heavy (non-hydrogen) atoms. The molecular weight excluding hydrogens is 257 g/mol. The first-order valence-electron chi connectivity index (χ1n) is 5.50. The van der Waals surface area contributed by atoms with E-state index < -0.39 is 22.6 Å². The maximum atomic E-state index is 13.4. The number of benzene rings is 1. The van der Waals surface area contributed by atoms with Crippen molar-refractivity contribution in [3.8, 4) is 0 Å². The fraction of sp³-hybridized carbons (Fsp3) is 0.417. The summed E-state index contributed by atoms with van der Waals surface area (Å²) in [4.78, 5) is 11.0. The lowest BCUT2D eigenvalue weighted by atomic mass is 10.1. The van der Waals surface area contributed by atoms with Crippen molar-refractivity contribution in [2.45, 2.75) is 19.4 Å². The molecule has 0 bridgehead atoms. The van der Waals surface area contributed by atoms with Gasteiger partial charge in [-0.05, 0) is 25.5 Å². The number of carboxylic acids is 1. The Labute approximate surface area is 108 Å². The summed E-state index contributed by atoms with van der Waals surface area (Å²) in [6.07, 6.45) is 2.23. The van der Waals surface area contributed by atoms with Gasteiger partial charge in [0.15, 0.2) is 0 Å². The number of aromatic carboxylic acids is 1. The molecule has 0 heterocycles.